The fourth-order valence-corrected chi connectivity index (χ4v) is 5.65. The van der Waals surface area contributed by atoms with E-state index in [0.29, 0.717) is 16.3 Å². The monoisotopic (exact) mass is 501 g/mol. The zero-order valence-electron chi connectivity index (χ0n) is 18.2. The average Bonchev–Trinajstić information content (AvgIpc) is 3.29. The number of phenolic OH excluding ortho intramolecular Hbond substituents is 1. The number of para-hydroxylation sites is 2. The van der Waals surface area contributed by atoms with Gasteiger partial charge in [0.15, 0.2) is 0 Å². The quantitative estimate of drug-likeness (QED) is 0.276. The highest BCUT2D eigenvalue weighted by atomic mass is 32.2. The summed E-state index contributed by atoms with van der Waals surface area (Å²) in [4.78, 5) is 17.7. The number of aromatic nitrogens is 1. The standard InChI is InChI=1S/C26H19N3O4S2/c30-23-16-17(14-15-20(23)26-28-22-12-6-7-13-24(22)34-26)27-25(31)19-10-4-5-11-21(19)29-35(32,33)18-8-2-1-3-9-18/h1-16,29-30H,(H,27,31). The third-order valence-corrected chi connectivity index (χ3v) is 7.70. The number of hydrogen-bond donors (Lipinski definition) is 3. The van der Waals surface area contributed by atoms with Crippen molar-refractivity contribution in [2.45, 2.75) is 4.90 Å². The van der Waals surface area contributed by atoms with E-state index in [0.717, 1.165) is 10.2 Å². The van der Waals surface area contributed by atoms with Crippen molar-refractivity contribution in [3.05, 3.63) is 103 Å². The molecular formula is C26H19N3O4S2. The van der Waals surface area contributed by atoms with Crippen molar-refractivity contribution >= 4 is 48.9 Å². The molecule has 7 nitrogen and oxygen atoms in total. The first-order valence-electron chi connectivity index (χ1n) is 10.6. The van der Waals surface area contributed by atoms with Gasteiger partial charge in [-0.05, 0) is 48.5 Å². The van der Waals surface area contributed by atoms with Crippen molar-refractivity contribution in [2.24, 2.45) is 0 Å². The number of hydrogen-bond acceptors (Lipinski definition) is 6. The molecule has 0 spiro atoms. The minimum Gasteiger partial charge on any atom is -0.507 e. The van der Waals surface area contributed by atoms with Crippen molar-refractivity contribution in [1.29, 1.82) is 0 Å². The summed E-state index contributed by atoms with van der Waals surface area (Å²) >= 11 is 1.46. The molecule has 0 saturated heterocycles. The van der Waals surface area contributed by atoms with Crippen molar-refractivity contribution < 1.29 is 18.3 Å². The molecule has 9 heteroatoms. The Morgan fingerprint density at radius 1 is 0.857 bits per heavy atom. The number of rotatable bonds is 6. The third kappa shape index (κ3) is 4.72. The van der Waals surface area contributed by atoms with E-state index in [1.54, 1.807) is 42.5 Å². The highest BCUT2D eigenvalue weighted by molar-refractivity contribution is 7.92. The van der Waals surface area contributed by atoms with Crippen LogP contribution in [0.1, 0.15) is 10.4 Å². The van der Waals surface area contributed by atoms with Crippen LogP contribution in [0.5, 0.6) is 5.75 Å². The molecule has 1 aromatic heterocycles. The van der Waals surface area contributed by atoms with E-state index in [1.807, 2.05) is 24.3 Å². The number of aromatic hydroxyl groups is 1. The molecule has 3 N–H and O–H groups in total. The van der Waals surface area contributed by atoms with Gasteiger partial charge in [-0.15, -0.1) is 11.3 Å². The van der Waals surface area contributed by atoms with Crippen molar-refractivity contribution in [2.75, 3.05) is 10.0 Å². The van der Waals surface area contributed by atoms with Crippen LogP contribution in [0.4, 0.5) is 11.4 Å². The lowest BCUT2D eigenvalue weighted by atomic mass is 10.1. The molecule has 35 heavy (non-hydrogen) atoms. The second-order valence-electron chi connectivity index (χ2n) is 7.64. The van der Waals surface area contributed by atoms with E-state index in [2.05, 4.69) is 15.0 Å². The van der Waals surface area contributed by atoms with Crippen LogP contribution in [0.15, 0.2) is 102 Å². The van der Waals surface area contributed by atoms with Crippen molar-refractivity contribution in [3.8, 4) is 16.3 Å². The van der Waals surface area contributed by atoms with Crippen LogP contribution >= 0.6 is 11.3 Å². The lowest BCUT2D eigenvalue weighted by Crippen LogP contribution is -2.18. The van der Waals surface area contributed by atoms with Gasteiger partial charge in [-0.1, -0.05) is 42.5 Å². The van der Waals surface area contributed by atoms with Gasteiger partial charge in [-0.25, -0.2) is 13.4 Å². The Bertz CT molecular complexity index is 1620. The Kier molecular flexibility index (Phi) is 5.94. The first-order valence-corrected chi connectivity index (χ1v) is 12.9. The minimum absolute atomic E-state index is 0.0279. The average molecular weight is 502 g/mol. The molecule has 0 aliphatic rings. The number of carbonyl (C=O) groups is 1. The van der Waals surface area contributed by atoms with Gasteiger partial charge < -0.3 is 10.4 Å². The van der Waals surface area contributed by atoms with E-state index >= 15 is 0 Å². The fourth-order valence-electron chi connectivity index (χ4n) is 3.55. The number of phenols is 1. The number of sulfonamides is 1. The van der Waals surface area contributed by atoms with E-state index in [1.165, 1.54) is 41.7 Å². The maximum atomic E-state index is 13.0. The summed E-state index contributed by atoms with van der Waals surface area (Å²) in [7, 11) is -3.87. The Morgan fingerprint density at radius 2 is 1.57 bits per heavy atom. The second kappa shape index (κ2) is 9.21. The summed E-state index contributed by atoms with van der Waals surface area (Å²) in [5.74, 6) is -0.552. The molecule has 5 rings (SSSR count). The van der Waals surface area contributed by atoms with Gasteiger partial charge in [-0.3, -0.25) is 9.52 Å². The lowest BCUT2D eigenvalue weighted by Gasteiger charge is -2.13. The molecule has 1 amide bonds. The topological polar surface area (TPSA) is 108 Å². The SMILES string of the molecule is O=C(Nc1ccc(-c2nc3ccccc3s2)c(O)c1)c1ccccc1NS(=O)(=O)c1ccccc1. The molecular weight excluding hydrogens is 482 g/mol. The summed E-state index contributed by atoms with van der Waals surface area (Å²) in [6.45, 7) is 0. The summed E-state index contributed by atoms with van der Waals surface area (Å²) in [5.41, 5.74) is 2.04. The summed E-state index contributed by atoms with van der Waals surface area (Å²) in [6, 6.07) is 26.7. The number of nitrogens with one attached hydrogen (secondary N) is 2. The molecule has 0 fully saturated rings. The van der Waals surface area contributed by atoms with Gasteiger partial charge in [0.2, 0.25) is 0 Å². The Balaban J connectivity index is 1.38. The van der Waals surface area contributed by atoms with E-state index in [9.17, 15) is 18.3 Å². The predicted molar refractivity (Wildman–Crippen MR) is 138 cm³/mol. The molecule has 1 heterocycles. The summed E-state index contributed by atoms with van der Waals surface area (Å²) in [6.07, 6.45) is 0. The van der Waals surface area contributed by atoms with Crippen LogP contribution in [-0.4, -0.2) is 24.4 Å². The zero-order valence-corrected chi connectivity index (χ0v) is 19.8. The Labute approximate surface area is 205 Å². The van der Waals surface area contributed by atoms with Crippen LogP contribution in [0, 0.1) is 0 Å². The van der Waals surface area contributed by atoms with Gasteiger partial charge in [-0.2, -0.15) is 0 Å². The molecule has 174 valence electrons. The Hall–Kier alpha value is -4.21. The molecule has 0 bridgehead atoms. The molecule has 0 aliphatic heterocycles. The van der Waals surface area contributed by atoms with E-state index in [4.69, 9.17) is 0 Å². The normalized spacial score (nSPS) is 11.3. The van der Waals surface area contributed by atoms with Gasteiger partial charge in [0.25, 0.3) is 15.9 Å². The molecule has 0 unspecified atom stereocenters. The van der Waals surface area contributed by atoms with E-state index < -0.39 is 15.9 Å². The van der Waals surface area contributed by atoms with Gasteiger partial charge in [0, 0.05) is 11.8 Å². The largest absolute Gasteiger partial charge is 0.507 e. The van der Waals surface area contributed by atoms with Crippen LogP contribution in [0.25, 0.3) is 20.8 Å². The van der Waals surface area contributed by atoms with Gasteiger partial charge in [0.05, 0.1) is 31.9 Å². The third-order valence-electron chi connectivity index (χ3n) is 5.25. The minimum atomic E-state index is -3.87. The van der Waals surface area contributed by atoms with Crippen LogP contribution in [0.2, 0.25) is 0 Å². The number of carbonyl (C=O) groups excluding carboxylic acids is 1. The van der Waals surface area contributed by atoms with Gasteiger partial charge in [0.1, 0.15) is 10.8 Å². The molecule has 0 aliphatic carbocycles. The van der Waals surface area contributed by atoms with Crippen LogP contribution < -0.4 is 10.0 Å². The van der Waals surface area contributed by atoms with Crippen LogP contribution in [0.3, 0.4) is 0 Å². The first kappa shape index (κ1) is 22.6. The number of nitrogens with zero attached hydrogens (tertiary/aromatic N) is 1. The lowest BCUT2D eigenvalue weighted by molar-refractivity contribution is 0.102. The predicted octanol–water partition coefficient (Wildman–Crippen LogP) is 5.72. The van der Waals surface area contributed by atoms with Gasteiger partial charge >= 0.3 is 0 Å². The zero-order chi connectivity index (χ0) is 24.4. The second-order valence-corrected chi connectivity index (χ2v) is 10.3. The maximum Gasteiger partial charge on any atom is 0.261 e. The maximum absolute atomic E-state index is 13.0. The van der Waals surface area contributed by atoms with E-state index in [-0.39, 0.29) is 21.9 Å². The highest BCUT2D eigenvalue weighted by Gasteiger charge is 2.19. The first-order chi connectivity index (χ1) is 16.9. The number of anilines is 2. The molecule has 0 radical (unpaired) electrons. The molecule has 0 saturated carbocycles. The number of benzene rings is 4. The van der Waals surface area contributed by atoms with Crippen molar-refractivity contribution in [3.63, 3.8) is 0 Å². The molecule has 4 aromatic carbocycles. The number of amides is 1. The summed E-state index contributed by atoms with van der Waals surface area (Å²) in [5, 5.41) is 14.0. The highest BCUT2D eigenvalue weighted by Crippen LogP contribution is 2.36. The smallest absolute Gasteiger partial charge is 0.261 e. The number of thiazole rings is 1. The fraction of sp³-hybridized carbons (Fsp3) is 0. The molecule has 0 atom stereocenters. The number of fused-ring (bicyclic) bond motifs is 1. The Morgan fingerprint density at radius 3 is 2.34 bits per heavy atom. The molecule has 5 aromatic rings. The van der Waals surface area contributed by atoms with Crippen molar-refractivity contribution in [1.82, 2.24) is 4.98 Å². The van der Waals surface area contributed by atoms with Crippen LogP contribution in [-0.2, 0) is 10.0 Å². The summed E-state index contributed by atoms with van der Waals surface area (Å²) < 4.78 is 29.0.